The van der Waals surface area contributed by atoms with Crippen molar-refractivity contribution in [1.29, 1.82) is 0 Å². The summed E-state index contributed by atoms with van der Waals surface area (Å²) in [5.41, 5.74) is 2.87. The number of likely N-dealkylation sites (tertiary alicyclic amines) is 1. The van der Waals surface area contributed by atoms with Gasteiger partial charge in [0.15, 0.2) is 29.6 Å². The maximum atomic E-state index is 14.2. The van der Waals surface area contributed by atoms with E-state index < -0.39 is 46.8 Å². The van der Waals surface area contributed by atoms with Crippen molar-refractivity contribution in [3.63, 3.8) is 0 Å². The lowest BCUT2D eigenvalue weighted by Gasteiger charge is -2.38. The van der Waals surface area contributed by atoms with Crippen molar-refractivity contribution in [1.82, 2.24) is 10.2 Å². The van der Waals surface area contributed by atoms with Crippen molar-refractivity contribution >= 4 is 5.91 Å². The molecule has 48 heavy (non-hydrogen) atoms. The third-order valence-electron chi connectivity index (χ3n) is 8.71. The number of aliphatic hydroxyl groups is 2. The fraction of sp³-hybridized carbons (Fsp3) is 0.306. The molecule has 12 heteroatoms. The molecule has 3 N–H and O–H groups in total. The van der Waals surface area contributed by atoms with Gasteiger partial charge in [-0.25, -0.2) is 22.0 Å². The van der Waals surface area contributed by atoms with Gasteiger partial charge in [0, 0.05) is 38.2 Å². The van der Waals surface area contributed by atoms with Gasteiger partial charge in [0.05, 0.1) is 24.9 Å². The highest BCUT2D eigenvalue weighted by molar-refractivity contribution is 5.95. The number of aliphatic hydroxyl groups excluding tert-OH is 2. The molecule has 0 spiro atoms. The van der Waals surface area contributed by atoms with Gasteiger partial charge in [-0.15, -0.1) is 0 Å². The predicted molar refractivity (Wildman–Crippen MR) is 165 cm³/mol. The molecule has 4 unspecified atom stereocenters. The Kier molecular flexibility index (Phi) is 10.2. The zero-order valence-corrected chi connectivity index (χ0v) is 25.6. The van der Waals surface area contributed by atoms with Crippen molar-refractivity contribution in [3.05, 3.63) is 130 Å². The van der Waals surface area contributed by atoms with Crippen molar-refractivity contribution < 1.29 is 46.4 Å². The Hall–Kier alpha value is -4.20. The normalized spacial score (nSPS) is 21.4. The first-order valence-electron chi connectivity index (χ1n) is 15.5. The molecule has 6 rings (SSSR count). The van der Waals surface area contributed by atoms with Crippen LogP contribution in [0.5, 0.6) is 0 Å². The summed E-state index contributed by atoms with van der Waals surface area (Å²) in [6, 6.07) is 21.8. The van der Waals surface area contributed by atoms with Crippen LogP contribution in [0, 0.1) is 29.1 Å². The van der Waals surface area contributed by atoms with E-state index in [1.54, 1.807) is 24.3 Å². The van der Waals surface area contributed by atoms with Gasteiger partial charge in [-0.2, -0.15) is 0 Å². The second-order valence-corrected chi connectivity index (χ2v) is 12.0. The van der Waals surface area contributed by atoms with Gasteiger partial charge in [0.1, 0.15) is 5.56 Å². The second kappa shape index (κ2) is 14.5. The first kappa shape index (κ1) is 33.7. The Bertz CT molecular complexity index is 1740. The number of nitrogens with one attached hydrogen (secondary N) is 1. The van der Waals surface area contributed by atoms with Crippen LogP contribution in [-0.2, 0) is 22.6 Å². The van der Waals surface area contributed by atoms with E-state index in [0.717, 1.165) is 28.8 Å². The van der Waals surface area contributed by atoms with Gasteiger partial charge < -0.3 is 25.0 Å². The highest BCUT2D eigenvalue weighted by Crippen LogP contribution is 2.39. The number of halogens is 5. The number of hydrogen-bond donors (Lipinski definition) is 3. The third kappa shape index (κ3) is 7.13. The molecule has 1 amide bonds. The van der Waals surface area contributed by atoms with E-state index in [4.69, 9.17) is 9.47 Å². The maximum Gasteiger partial charge on any atom is 0.257 e. The molecule has 2 heterocycles. The Balaban J connectivity index is 1.20. The van der Waals surface area contributed by atoms with Gasteiger partial charge in [-0.1, -0.05) is 72.8 Å². The molecular weight excluding hydrogens is 635 g/mol. The van der Waals surface area contributed by atoms with E-state index >= 15 is 0 Å². The van der Waals surface area contributed by atoms with Crippen LogP contribution >= 0.6 is 0 Å². The number of rotatable bonds is 9. The average Bonchev–Trinajstić information content (AvgIpc) is 3.53. The van der Waals surface area contributed by atoms with Gasteiger partial charge in [0.2, 0.25) is 5.82 Å². The van der Waals surface area contributed by atoms with Crippen LogP contribution in [0.15, 0.2) is 72.8 Å². The van der Waals surface area contributed by atoms with Crippen LogP contribution in [-0.4, -0.2) is 52.9 Å². The summed E-state index contributed by atoms with van der Waals surface area (Å²) in [6.07, 6.45) is -0.216. The van der Waals surface area contributed by atoms with Gasteiger partial charge in [0.25, 0.3) is 5.91 Å². The second-order valence-electron chi connectivity index (χ2n) is 12.0. The number of carbonyl (C=O) groups is 1. The summed E-state index contributed by atoms with van der Waals surface area (Å²) >= 11 is 0. The Labute approximate surface area is 273 Å². The number of hydrogen-bond acceptors (Lipinski definition) is 6. The Morgan fingerprint density at radius 2 is 1.48 bits per heavy atom. The molecule has 2 aliphatic rings. The van der Waals surface area contributed by atoms with E-state index in [9.17, 15) is 37.0 Å². The first-order chi connectivity index (χ1) is 23.1. The van der Waals surface area contributed by atoms with Crippen LogP contribution in [0.25, 0.3) is 11.1 Å². The number of β-amino-alcohol motifs (C(OH)–C–C–N with tert-alkyl or cyclic N) is 1. The van der Waals surface area contributed by atoms with E-state index in [2.05, 4.69) is 10.2 Å². The van der Waals surface area contributed by atoms with Crippen LogP contribution in [0.3, 0.4) is 0 Å². The number of carbonyl (C=O) groups excluding carboxylic acids is 1. The summed E-state index contributed by atoms with van der Waals surface area (Å²) in [5, 5.41) is 21.7. The average molecular weight is 669 g/mol. The largest absolute Gasteiger partial charge is 0.392 e. The first-order valence-corrected chi connectivity index (χ1v) is 15.5. The highest BCUT2D eigenvalue weighted by atomic mass is 19.2. The lowest BCUT2D eigenvalue weighted by Crippen LogP contribution is -2.38. The molecule has 4 aromatic carbocycles. The number of ether oxygens (including phenoxy) is 2. The molecule has 0 bridgehead atoms. The molecule has 2 aliphatic heterocycles. The summed E-state index contributed by atoms with van der Waals surface area (Å²) in [4.78, 5) is 14.7. The lowest BCUT2D eigenvalue weighted by atomic mass is 9.97. The molecular formula is C36H33F5N2O5. The predicted octanol–water partition coefficient (Wildman–Crippen LogP) is 6.08. The van der Waals surface area contributed by atoms with Crippen molar-refractivity contribution in [2.24, 2.45) is 0 Å². The summed E-state index contributed by atoms with van der Waals surface area (Å²) in [6.45, 7) is 1.67. The zero-order valence-electron chi connectivity index (χ0n) is 25.6. The lowest BCUT2D eigenvalue weighted by molar-refractivity contribution is -0.252. The van der Waals surface area contributed by atoms with E-state index in [1.807, 2.05) is 48.5 Å². The molecule has 2 fully saturated rings. The molecule has 0 aliphatic carbocycles. The van der Waals surface area contributed by atoms with Gasteiger partial charge in [-0.3, -0.25) is 9.69 Å². The SMILES string of the molecule is O=C(NCc1ccccc1-c1ccc(C2OC(CN3CCC(O)C3)CC(c3ccc(CO)cc3)O2)cc1)c1c(F)c(F)c(F)c(F)c1F. The van der Waals surface area contributed by atoms with Crippen LogP contribution in [0.1, 0.15) is 57.8 Å². The third-order valence-corrected chi connectivity index (χ3v) is 8.71. The monoisotopic (exact) mass is 668 g/mol. The van der Waals surface area contributed by atoms with E-state index in [1.165, 1.54) is 0 Å². The van der Waals surface area contributed by atoms with Gasteiger partial charge >= 0.3 is 0 Å². The molecule has 7 nitrogen and oxygen atoms in total. The van der Waals surface area contributed by atoms with Crippen LogP contribution in [0.2, 0.25) is 0 Å². The standard InChI is InChI=1S/C36H33F5N2O5/c37-30-29(31(38)33(40)34(41)32(30)39)35(46)42-16-24-3-1-2-4-27(24)21-9-11-23(12-10-21)36-47-26(18-43-14-13-25(45)17-43)15-28(48-36)22-7-5-20(19-44)6-8-22/h1-12,25-26,28,36,44-45H,13-19H2,(H,42,46). The molecule has 0 radical (unpaired) electrons. The van der Waals surface area contributed by atoms with Crippen LogP contribution in [0.4, 0.5) is 22.0 Å². The van der Waals surface area contributed by atoms with Gasteiger partial charge in [-0.05, 0) is 34.2 Å². The van der Waals surface area contributed by atoms with Crippen LogP contribution < -0.4 is 5.32 Å². The fourth-order valence-corrected chi connectivity index (χ4v) is 6.14. The topological polar surface area (TPSA) is 91.3 Å². The summed E-state index contributed by atoms with van der Waals surface area (Å²) < 4.78 is 82.0. The molecule has 0 aromatic heterocycles. The highest BCUT2D eigenvalue weighted by Gasteiger charge is 2.35. The molecule has 4 atom stereocenters. The number of nitrogens with zero attached hydrogens (tertiary/aromatic N) is 1. The van der Waals surface area contributed by atoms with E-state index in [0.29, 0.717) is 37.1 Å². The van der Waals surface area contributed by atoms with E-state index in [-0.39, 0.29) is 31.5 Å². The fourth-order valence-electron chi connectivity index (χ4n) is 6.14. The summed E-state index contributed by atoms with van der Waals surface area (Å²) in [7, 11) is 0. The summed E-state index contributed by atoms with van der Waals surface area (Å²) in [5.74, 6) is -12.6. The minimum absolute atomic E-state index is 0.0649. The molecule has 0 saturated carbocycles. The molecule has 4 aromatic rings. The van der Waals surface area contributed by atoms with Crippen molar-refractivity contribution in [2.75, 3.05) is 19.6 Å². The minimum Gasteiger partial charge on any atom is -0.392 e. The quantitative estimate of drug-likeness (QED) is 0.114. The zero-order chi connectivity index (χ0) is 33.9. The maximum absolute atomic E-state index is 14.2. The Morgan fingerprint density at radius 3 is 2.12 bits per heavy atom. The number of amides is 1. The molecule has 2 saturated heterocycles. The Morgan fingerprint density at radius 1 is 0.833 bits per heavy atom. The van der Waals surface area contributed by atoms with Crippen molar-refractivity contribution in [2.45, 2.75) is 50.6 Å². The minimum atomic E-state index is -2.34. The number of benzene rings is 4. The smallest absolute Gasteiger partial charge is 0.257 e. The van der Waals surface area contributed by atoms with Crippen molar-refractivity contribution in [3.8, 4) is 11.1 Å². The molecule has 252 valence electrons.